The van der Waals surface area contributed by atoms with Crippen LogP contribution in [0.25, 0.3) is 0 Å². The number of aliphatic carboxylic acids is 1. The largest absolute Gasteiger partial charge is 0.508 e. The monoisotopic (exact) mass is 553 g/mol. The number of thioether (sulfide) groups is 1. The van der Waals surface area contributed by atoms with Crippen LogP contribution in [0.15, 0.2) is 24.3 Å². The molecule has 0 heterocycles. The Balaban J connectivity index is 3.01. The Labute approximate surface area is 226 Å². The lowest BCUT2D eigenvalue weighted by molar-refractivity contribution is -0.142. The van der Waals surface area contributed by atoms with Gasteiger partial charge in [0, 0.05) is 12.8 Å². The summed E-state index contributed by atoms with van der Waals surface area (Å²) in [5.74, 6) is -3.31. The van der Waals surface area contributed by atoms with Crippen molar-refractivity contribution in [1.82, 2.24) is 16.0 Å². The number of hydrogen-bond acceptors (Lipinski definition) is 8. The van der Waals surface area contributed by atoms with Crippen molar-refractivity contribution in [2.45, 2.75) is 70.1 Å². The van der Waals surface area contributed by atoms with E-state index in [0.717, 1.165) is 0 Å². The first-order valence-corrected chi connectivity index (χ1v) is 13.7. The van der Waals surface area contributed by atoms with Crippen LogP contribution in [-0.2, 0) is 30.4 Å². The zero-order chi connectivity index (χ0) is 28.8. The van der Waals surface area contributed by atoms with E-state index in [1.165, 1.54) is 23.9 Å². The number of benzene rings is 1. The van der Waals surface area contributed by atoms with Crippen molar-refractivity contribution in [2.24, 2.45) is 17.4 Å². The maximum atomic E-state index is 13.1. The van der Waals surface area contributed by atoms with Gasteiger partial charge in [-0.25, -0.2) is 4.79 Å². The number of hydrogen-bond donors (Lipinski definition) is 7. The molecule has 13 heteroatoms. The Morgan fingerprint density at radius 1 is 0.895 bits per heavy atom. The molecule has 9 N–H and O–H groups in total. The van der Waals surface area contributed by atoms with Crippen LogP contribution in [0.1, 0.15) is 45.1 Å². The molecule has 0 radical (unpaired) electrons. The molecule has 4 atom stereocenters. The minimum atomic E-state index is -1.29. The number of carbonyl (C=O) groups is 5. The summed E-state index contributed by atoms with van der Waals surface area (Å²) < 4.78 is 0. The minimum absolute atomic E-state index is 0.0210. The third-order valence-corrected chi connectivity index (χ3v) is 6.25. The number of phenols is 1. The average molecular weight is 554 g/mol. The number of primary amides is 1. The van der Waals surface area contributed by atoms with Gasteiger partial charge in [0.25, 0.3) is 0 Å². The lowest BCUT2D eigenvalue weighted by atomic mass is 10.0. The lowest BCUT2D eigenvalue weighted by Crippen LogP contribution is -2.57. The van der Waals surface area contributed by atoms with Gasteiger partial charge in [0.15, 0.2) is 0 Å². The molecule has 0 aliphatic carbocycles. The Bertz CT molecular complexity index is 958. The molecule has 0 spiro atoms. The van der Waals surface area contributed by atoms with Gasteiger partial charge in [-0.2, -0.15) is 11.8 Å². The summed E-state index contributed by atoms with van der Waals surface area (Å²) in [6, 6.07) is 1.46. The maximum absolute atomic E-state index is 13.1. The van der Waals surface area contributed by atoms with Crippen molar-refractivity contribution in [3.8, 4) is 5.75 Å². The molecule has 0 aliphatic heterocycles. The normalized spacial score (nSPS) is 14.1. The van der Waals surface area contributed by atoms with Crippen molar-refractivity contribution < 1.29 is 34.2 Å². The van der Waals surface area contributed by atoms with Gasteiger partial charge < -0.3 is 37.6 Å². The summed E-state index contributed by atoms with van der Waals surface area (Å²) in [5, 5.41) is 26.7. The van der Waals surface area contributed by atoms with Crippen LogP contribution in [0.5, 0.6) is 5.75 Å². The molecule has 12 nitrogen and oxygen atoms in total. The zero-order valence-corrected chi connectivity index (χ0v) is 22.8. The fourth-order valence-corrected chi connectivity index (χ4v) is 4.04. The van der Waals surface area contributed by atoms with Gasteiger partial charge in [-0.3, -0.25) is 19.2 Å². The maximum Gasteiger partial charge on any atom is 0.326 e. The molecule has 0 saturated carbocycles. The van der Waals surface area contributed by atoms with E-state index in [-0.39, 0.29) is 37.4 Å². The summed E-state index contributed by atoms with van der Waals surface area (Å²) in [6.07, 6.45) is 2.05. The first-order chi connectivity index (χ1) is 17.8. The Morgan fingerprint density at radius 2 is 1.42 bits per heavy atom. The van der Waals surface area contributed by atoms with E-state index in [1.54, 1.807) is 12.1 Å². The Kier molecular flexibility index (Phi) is 14.2. The molecule has 0 aliphatic rings. The summed E-state index contributed by atoms with van der Waals surface area (Å²) in [7, 11) is 0. The van der Waals surface area contributed by atoms with Crippen LogP contribution in [0, 0.1) is 5.92 Å². The second kappa shape index (κ2) is 16.5. The molecule has 0 aromatic heterocycles. The zero-order valence-electron chi connectivity index (χ0n) is 21.9. The van der Waals surface area contributed by atoms with Crippen LogP contribution in [-0.4, -0.2) is 76.0 Å². The Hall–Kier alpha value is -3.32. The first-order valence-electron chi connectivity index (χ1n) is 12.3. The smallest absolute Gasteiger partial charge is 0.326 e. The number of carboxylic acid groups (broad SMARTS) is 1. The van der Waals surface area contributed by atoms with Gasteiger partial charge in [-0.1, -0.05) is 26.0 Å². The second-order valence-corrected chi connectivity index (χ2v) is 10.4. The highest BCUT2D eigenvalue weighted by Crippen LogP contribution is 2.12. The van der Waals surface area contributed by atoms with Crippen LogP contribution < -0.4 is 27.4 Å². The van der Waals surface area contributed by atoms with Crippen LogP contribution >= 0.6 is 11.8 Å². The van der Waals surface area contributed by atoms with Gasteiger partial charge in [-0.05, 0) is 54.9 Å². The van der Waals surface area contributed by atoms with Gasteiger partial charge in [0.2, 0.25) is 23.6 Å². The standard InChI is InChI=1S/C25H39N5O7S/c1-14(2)12-17(26)22(33)28-18(8-9-21(27)32)23(34)29-19(10-11-38-3)24(35)30-20(25(36)37)13-15-4-6-16(31)7-5-15/h4-7,14,17-20,31H,8-13,26H2,1-3H3,(H2,27,32)(H,28,33)(H,29,34)(H,30,35)(H,36,37). The molecule has 212 valence electrons. The van der Waals surface area contributed by atoms with Crippen molar-refractivity contribution in [3.63, 3.8) is 0 Å². The van der Waals surface area contributed by atoms with Crippen molar-refractivity contribution in [1.29, 1.82) is 0 Å². The molecule has 1 aromatic rings. The topological polar surface area (TPSA) is 214 Å². The van der Waals surface area contributed by atoms with E-state index in [0.29, 0.717) is 17.7 Å². The fraction of sp³-hybridized carbons (Fsp3) is 0.560. The quantitative estimate of drug-likeness (QED) is 0.137. The van der Waals surface area contributed by atoms with Gasteiger partial charge in [0.1, 0.15) is 23.9 Å². The van der Waals surface area contributed by atoms with E-state index in [2.05, 4.69) is 16.0 Å². The molecule has 0 saturated heterocycles. The molecule has 1 rings (SSSR count). The van der Waals surface area contributed by atoms with Gasteiger partial charge in [-0.15, -0.1) is 0 Å². The predicted molar refractivity (Wildman–Crippen MR) is 144 cm³/mol. The average Bonchev–Trinajstić information content (AvgIpc) is 2.84. The Morgan fingerprint density at radius 3 is 1.92 bits per heavy atom. The molecular weight excluding hydrogens is 514 g/mol. The van der Waals surface area contributed by atoms with Crippen molar-refractivity contribution >= 4 is 41.4 Å². The highest BCUT2D eigenvalue weighted by molar-refractivity contribution is 7.98. The highest BCUT2D eigenvalue weighted by atomic mass is 32.2. The number of carboxylic acids is 1. The van der Waals surface area contributed by atoms with E-state index in [4.69, 9.17) is 11.5 Å². The van der Waals surface area contributed by atoms with Crippen molar-refractivity contribution in [3.05, 3.63) is 29.8 Å². The molecule has 4 unspecified atom stereocenters. The van der Waals surface area contributed by atoms with Crippen LogP contribution in [0.3, 0.4) is 0 Å². The molecule has 0 fully saturated rings. The van der Waals surface area contributed by atoms with Gasteiger partial charge in [0.05, 0.1) is 6.04 Å². The number of nitrogens with one attached hydrogen (secondary N) is 3. The number of carbonyl (C=O) groups excluding carboxylic acids is 4. The molecule has 0 bridgehead atoms. The van der Waals surface area contributed by atoms with Crippen molar-refractivity contribution in [2.75, 3.05) is 12.0 Å². The second-order valence-electron chi connectivity index (χ2n) is 9.41. The predicted octanol–water partition coefficient (Wildman–Crippen LogP) is -0.134. The first kappa shape index (κ1) is 32.7. The molecular formula is C25H39N5O7S. The third kappa shape index (κ3) is 12.3. The van der Waals surface area contributed by atoms with E-state index < -0.39 is 53.8 Å². The number of nitrogens with two attached hydrogens (primary N) is 2. The highest BCUT2D eigenvalue weighted by Gasteiger charge is 2.30. The van der Waals surface area contributed by atoms with Gasteiger partial charge >= 0.3 is 5.97 Å². The fourth-order valence-electron chi connectivity index (χ4n) is 3.57. The third-order valence-electron chi connectivity index (χ3n) is 5.61. The van der Waals surface area contributed by atoms with E-state index in [9.17, 15) is 34.2 Å². The summed E-state index contributed by atoms with van der Waals surface area (Å²) >= 11 is 1.43. The molecule has 38 heavy (non-hydrogen) atoms. The number of amides is 4. The summed E-state index contributed by atoms with van der Waals surface area (Å²) in [4.78, 5) is 61.9. The summed E-state index contributed by atoms with van der Waals surface area (Å²) in [5.41, 5.74) is 11.7. The summed E-state index contributed by atoms with van der Waals surface area (Å²) in [6.45, 7) is 3.79. The van der Waals surface area contributed by atoms with E-state index in [1.807, 2.05) is 20.1 Å². The molecule has 4 amide bonds. The molecule has 1 aromatic carbocycles. The minimum Gasteiger partial charge on any atom is -0.508 e. The van der Waals surface area contributed by atoms with Crippen LogP contribution in [0.2, 0.25) is 0 Å². The number of rotatable bonds is 17. The number of aromatic hydroxyl groups is 1. The van der Waals surface area contributed by atoms with E-state index >= 15 is 0 Å². The number of phenolic OH excluding ortho intramolecular Hbond substituents is 1. The SMILES string of the molecule is CSCCC(NC(=O)C(CCC(N)=O)NC(=O)C(N)CC(C)C)C(=O)NC(Cc1ccc(O)cc1)C(=O)O. The van der Waals surface area contributed by atoms with Crippen LogP contribution in [0.4, 0.5) is 0 Å². The lowest BCUT2D eigenvalue weighted by Gasteiger charge is -2.25.